The summed E-state index contributed by atoms with van der Waals surface area (Å²) in [5.41, 5.74) is 2.16. The Morgan fingerprint density at radius 1 is 1.20 bits per heavy atom. The van der Waals surface area contributed by atoms with Gasteiger partial charge in [-0.3, -0.25) is 0 Å². The molecule has 0 aliphatic carbocycles. The Kier molecular flexibility index (Phi) is 4.67. The van der Waals surface area contributed by atoms with Gasteiger partial charge >= 0.3 is 0 Å². The van der Waals surface area contributed by atoms with Gasteiger partial charge in [-0.05, 0) is 6.42 Å². The van der Waals surface area contributed by atoms with Crippen molar-refractivity contribution in [1.29, 1.82) is 0 Å². The summed E-state index contributed by atoms with van der Waals surface area (Å²) in [5, 5.41) is 3.11. The summed E-state index contributed by atoms with van der Waals surface area (Å²) in [5.74, 6) is 0. The Bertz CT molecular complexity index is 391. The first-order valence-electron chi connectivity index (χ1n) is 5.35. The SMILES string of the molecule is CCCCCN(C)c1c(NC)c(=S)c1=S. The minimum Gasteiger partial charge on any atom is -0.385 e. The van der Waals surface area contributed by atoms with E-state index >= 15 is 0 Å². The lowest BCUT2D eigenvalue weighted by atomic mass is 10.2. The molecule has 0 aromatic heterocycles. The minimum absolute atomic E-state index is 0.810. The van der Waals surface area contributed by atoms with Gasteiger partial charge in [-0.1, -0.05) is 44.2 Å². The average molecular weight is 242 g/mol. The molecule has 1 N–H and O–H groups in total. The van der Waals surface area contributed by atoms with E-state index in [0.29, 0.717) is 0 Å². The monoisotopic (exact) mass is 242 g/mol. The predicted octanol–water partition coefficient (Wildman–Crippen LogP) is 3.69. The Morgan fingerprint density at radius 2 is 1.87 bits per heavy atom. The van der Waals surface area contributed by atoms with Gasteiger partial charge in [0.2, 0.25) is 0 Å². The van der Waals surface area contributed by atoms with Crippen molar-refractivity contribution in [2.75, 3.05) is 30.9 Å². The molecular formula is C11H18N2S2. The summed E-state index contributed by atoms with van der Waals surface area (Å²) in [4.78, 5) is 2.21. The van der Waals surface area contributed by atoms with Crippen LogP contribution in [0.3, 0.4) is 0 Å². The lowest BCUT2D eigenvalue weighted by Gasteiger charge is -2.25. The number of hydrogen-bond donors (Lipinski definition) is 1. The van der Waals surface area contributed by atoms with Crippen LogP contribution in [0, 0.1) is 9.02 Å². The van der Waals surface area contributed by atoms with Gasteiger partial charge in [0.25, 0.3) is 0 Å². The first kappa shape index (κ1) is 12.6. The second-order valence-electron chi connectivity index (χ2n) is 3.76. The van der Waals surface area contributed by atoms with Gasteiger partial charge in [0.15, 0.2) is 0 Å². The molecule has 1 rings (SSSR count). The van der Waals surface area contributed by atoms with Crippen molar-refractivity contribution in [3.05, 3.63) is 9.02 Å². The summed E-state index contributed by atoms with van der Waals surface area (Å²) in [6, 6.07) is 0. The highest BCUT2D eigenvalue weighted by Crippen LogP contribution is 2.34. The van der Waals surface area contributed by atoms with E-state index in [-0.39, 0.29) is 0 Å². The number of unbranched alkanes of at least 4 members (excludes halogenated alkanes) is 2. The Balaban J connectivity index is 2.66. The fourth-order valence-electron chi connectivity index (χ4n) is 1.69. The van der Waals surface area contributed by atoms with Crippen molar-refractivity contribution in [1.82, 2.24) is 0 Å². The van der Waals surface area contributed by atoms with Gasteiger partial charge in [0.1, 0.15) is 0 Å². The molecule has 0 fully saturated rings. The quantitative estimate of drug-likeness (QED) is 0.604. The van der Waals surface area contributed by atoms with Crippen molar-refractivity contribution < 1.29 is 0 Å². The third-order valence-electron chi connectivity index (χ3n) is 2.61. The first-order chi connectivity index (χ1) is 7.13. The van der Waals surface area contributed by atoms with E-state index in [0.717, 1.165) is 26.9 Å². The van der Waals surface area contributed by atoms with Crippen LogP contribution < -0.4 is 10.2 Å². The van der Waals surface area contributed by atoms with Crippen LogP contribution in [0.25, 0.3) is 0 Å². The van der Waals surface area contributed by atoms with Crippen LogP contribution in [-0.2, 0) is 0 Å². The fourth-order valence-corrected chi connectivity index (χ4v) is 2.34. The second kappa shape index (κ2) is 5.56. The maximum Gasteiger partial charge on any atom is 0.0834 e. The van der Waals surface area contributed by atoms with Gasteiger partial charge in [0.05, 0.1) is 20.4 Å². The van der Waals surface area contributed by atoms with Crippen LogP contribution >= 0.6 is 24.4 Å². The Morgan fingerprint density at radius 3 is 2.40 bits per heavy atom. The van der Waals surface area contributed by atoms with Gasteiger partial charge < -0.3 is 10.2 Å². The van der Waals surface area contributed by atoms with Crippen molar-refractivity contribution in [3.8, 4) is 0 Å². The lowest BCUT2D eigenvalue weighted by molar-refractivity contribution is 0.704. The number of hydrogen-bond acceptors (Lipinski definition) is 4. The van der Waals surface area contributed by atoms with E-state index in [1.807, 2.05) is 7.05 Å². The van der Waals surface area contributed by atoms with Crippen LogP contribution in [0.4, 0.5) is 11.4 Å². The zero-order valence-electron chi connectivity index (χ0n) is 9.59. The molecule has 1 aromatic rings. The predicted molar refractivity (Wildman–Crippen MR) is 72.8 cm³/mol. The molecule has 0 saturated carbocycles. The largest absolute Gasteiger partial charge is 0.385 e. The standard InChI is InChI=1S/C11H18N2S2/c1-4-5-6-7-13(3)9-8(12-2)10(14)11(9)15/h12H,4-7H2,1-3H3. The normalized spacial score (nSPS) is 10.6. The van der Waals surface area contributed by atoms with Crippen LogP contribution in [-0.4, -0.2) is 20.6 Å². The second-order valence-corrected chi connectivity index (χ2v) is 4.58. The van der Waals surface area contributed by atoms with Gasteiger partial charge in [-0.15, -0.1) is 0 Å². The van der Waals surface area contributed by atoms with Gasteiger partial charge in [-0.2, -0.15) is 0 Å². The molecule has 0 unspecified atom stereocenters. The molecule has 0 amide bonds. The summed E-state index contributed by atoms with van der Waals surface area (Å²) < 4.78 is 1.65. The number of anilines is 2. The molecule has 15 heavy (non-hydrogen) atoms. The molecule has 0 aliphatic rings. The van der Waals surface area contributed by atoms with Crippen LogP contribution in [0.5, 0.6) is 0 Å². The lowest BCUT2D eigenvalue weighted by Crippen LogP contribution is -2.22. The minimum atomic E-state index is 0.810. The molecule has 2 nitrogen and oxygen atoms in total. The van der Waals surface area contributed by atoms with Crippen molar-refractivity contribution in [3.63, 3.8) is 0 Å². The topological polar surface area (TPSA) is 15.3 Å². The molecule has 0 spiro atoms. The summed E-state index contributed by atoms with van der Waals surface area (Å²) in [6.45, 7) is 3.26. The molecule has 0 bridgehead atoms. The van der Waals surface area contributed by atoms with E-state index in [1.165, 1.54) is 19.3 Å². The molecule has 4 heteroatoms. The molecule has 0 atom stereocenters. The molecule has 0 saturated heterocycles. The Labute approximate surface area is 102 Å². The summed E-state index contributed by atoms with van der Waals surface area (Å²) in [6.07, 6.45) is 3.72. The van der Waals surface area contributed by atoms with E-state index in [4.69, 9.17) is 24.4 Å². The highest BCUT2D eigenvalue weighted by Gasteiger charge is 2.16. The molecular weight excluding hydrogens is 224 g/mol. The van der Waals surface area contributed by atoms with Crippen molar-refractivity contribution in [2.24, 2.45) is 0 Å². The average Bonchev–Trinajstić information content (AvgIpc) is 2.24. The van der Waals surface area contributed by atoms with Gasteiger partial charge in [0, 0.05) is 20.6 Å². The fraction of sp³-hybridized carbons (Fsp3) is 0.636. The highest BCUT2D eigenvalue weighted by atomic mass is 32.1. The van der Waals surface area contributed by atoms with E-state index in [1.54, 1.807) is 0 Å². The molecule has 0 radical (unpaired) electrons. The highest BCUT2D eigenvalue weighted by molar-refractivity contribution is 7.74. The maximum absolute atomic E-state index is 5.25. The third-order valence-corrected chi connectivity index (χ3v) is 3.55. The van der Waals surface area contributed by atoms with E-state index in [9.17, 15) is 0 Å². The third kappa shape index (κ3) is 2.55. The zero-order valence-corrected chi connectivity index (χ0v) is 11.2. The van der Waals surface area contributed by atoms with Crippen molar-refractivity contribution in [2.45, 2.75) is 26.2 Å². The number of nitrogens with zero attached hydrogens (tertiary/aromatic N) is 1. The van der Waals surface area contributed by atoms with Crippen LogP contribution in [0.15, 0.2) is 0 Å². The smallest absolute Gasteiger partial charge is 0.0834 e. The summed E-state index contributed by atoms with van der Waals surface area (Å²) in [7, 11) is 3.97. The van der Waals surface area contributed by atoms with E-state index in [2.05, 4.69) is 24.2 Å². The van der Waals surface area contributed by atoms with Crippen LogP contribution in [0.2, 0.25) is 0 Å². The summed E-state index contributed by atoms with van der Waals surface area (Å²) >= 11 is 10.4. The molecule has 84 valence electrons. The van der Waals surface area contributed by atoms with Gasteiger partial charge in [-0.25, -0.2) is 0 Å². The zero-order chi connectivity index (χ0) is 11.4. The van der Waals surface area contributed by atoms with Crippen LogP contribution in [0.1, 0.15) is 26.2 Å². The molecule has 0 heterocycles. The molecule has 0 aliphatic heterocycles. The van der Waals surface area contributed by atoms with Crippen molar-refractivity contribution >= 4 is 35.8 Å². The first-order valence-corrected chi connectivity index (χ1v) is 6.17. The van der Waals surface area contributed by atoms with E-state index < -0.39 is 0 Å². The molecule has 1 aromatic carbocycles. The Hall–Kier alpha value is -0.480. The number of rotatable bonds is 6. The number of nitrogens with one attached hydrogen (secondary N) is 1. The maximum atomic E-state index is 5.25.